The Morgan fingerprint density at radius 2 is 1.03 bits per heavy atom. The summed E-state index contributed by atoms with van der Waals surface area (Å²) in [5.74, 6) is 2.59. The molecule has 11 rings (SSSR count). The molecule has 11 aromatic rings. The van der Waals surface area contributed by atoms with Gasteiger partial charge in [-0.3, -0.25) is 9.13 Å². The Balaban J connectivity index is 1.17. The average Bonchev–Trinajstić information content (AvgIpc) is 3.91. The lowest BCUT2D eigenvalue weighted by Gasteiger charge is -2.20. The maximum atomic E-state index is 5.43. The topological polar surface area (TPSA) is 74.3 Å². The summed E-state index contributed by atoms with van der Waals surface area (Å²) in [6, 6.07) is 63.3. The highest BCUT2D eigenvalue weighted by Crippen LogP contribution is 2.41. The molecule has 0 aliphatic heterocycles. The van der Waals surface area contributed by atoms with Crippen molar-refractivity contribution < 1.29 is 0 Å². The molecule has 4 aromatic heterocycles. The van der Waals surface area contributed by atoms with Crippen LogP contribution in [0.2, 0.25) is 0 Å². The molecule has 0 aliphatic carbocycles. The Morgan fingerprint density at radius 3 is 1.76 bits per heavy atom. The highest BCUT2D eigenvalue weighted by atomic mass is 15.1. The SMILES string of the molecule is CC(C)(C)c1ccnc(-n2c3ccccc3c3ccc(-c4nc(-c5cccc(-n6cnc7ccccc76)c5)nc(-c5c(-c6ccccc6)cccc5-c5ccccc5)n4)cc32)c1. The molecule has 0 aliphatic rings. The molecule has 0 fully saturated rings. The predicted octanol–water partition coefficient (Wildman–Crippen LogP) is 13.3. The summed E-state index contributed by atoms with van der Waals surface area (Å²) in [7, 11) is 0. The van der Waals surface area contributed by atoms with Gasteiger partial charge in [-0.15, -0.1) is 0 Å². The molecule has 0 atom stereocenters. The average molecular weight is 800 g/mol. The summed E-state index contributed by atoms with van der Waals surface area (Å²) < 4.78 is 4.37. The lowest BCUT2D eigenvalue weighted by Crippen LogP contribution is -2.12. The molecule has 0 spiro atoms. The van der Waals surface area contributed by atoms with Gasteiger partial charge in [0, 0.05) is 39.3 Å². The number of hydrogen-bond acceptors (Lipinski definition) is 5. The molecule has 7 heteroatoms. The first kappa shape index (κ1) is 37.0. The first-order valence-corrected chi connectivity index (χ1v) is 20.9. The Kier molecular flexibility index (Phi) is 8.90. The fourth-order valence-electron chi connectivity index (χ4n) is 8.58. The second kappa shape index (κ2) is 14.9. The molecule has 7 nitrogen and oxygen atoms in total. The van der Waals surface area contributed by atoms with Crippen molar-refractivity contribution in [2.24, 2.45) is 0 Å². The van der Waals surface area contributed by atoms with Gasteiger partial charge in [0.1, 0.15) is 12.1 Å². The van der Waals surface area contributed by atoms with Crippen molar-refractivity contribution in [2.75, 3.05) is 0 Å². The summed E-state index contributed by atoms with van der Waals surface area (Å²) in [5.41, 5.74) is 13.1. The van der Waals surface area contributed by atoms with Gasteiger partial charge in [0.15, 0.2) is 17.5 Å². The molecule has 296 valence electrons. The highest BCUT2D eigenvalue weighted by molar-refractivity contribution is 6.10. The molecule has 0 amide bonds. The van der Waals surface area contributed by atoms with Gasteiger partial charge < -0.3 is 0 Å². The predicted molar refractivity (Wildman–Crippen MR) is 252 cm³/mol. The van der Waals surface area contributed by atoms with Gasteiger partial charge in [-0.2, -0.15) is 0 Å². The maximum absolute atomic E-state index is 5.43. The summed E-state index contributed by atoms with van der Waals surface area (Å²) in [4.78, 5) is 25.8. The van der Waals surface area contributed by atoms with Crippen LogP contribution in [0.25, 0.3) is 101 Å². The molecule has 7 aromatic carbocycles. The van der Waals surface area contributed by atoms with Crippen LogP contribution in [-0.2, 0) is 5.41 Å². The normalized spacial score (nSPS) is 11.8. The van der Waals surface area contributed by atoms with Gasteiger partial charge in [0.25, 0.3) is 0 Å². The first-order valence-electron chi connectivity index (χ1n) is 20.9. The molecule has 0 saturated carbocycles. The smallest absolute Gasteiger partial charge is 0.165 e. The molecular formula is C55H41N7. The number of hydrogen-bond donors (Lipinski definition) is 0. The van der Waals surface area contributed by atoms with Crippen LogP contribution in [0.1, 0.15) is 26.3 Å². The van der Waals surface area contributed by atoms with Crippen LogP contribution in [-0.4, -0.2) is 34.1 Å². The van der Waals surface area contributed by atoms with Crippen LogP contribution in [0, 0.1) is 0 Å². The van der Waals surface area contributed by atoms with Crippen molar-refractivity contribution in [1.29, 1.82) is 0 Å². The standard InChI is InChI=1S/C55H41N7/c1-55(2,3)40-30-31-56-50(34-40)62-47-26-12-10-22-44(47)45-29-28-39(33-49(45)62)53-58-52(38-20-14-21-41(32-38)61-35-57-46-25-11-13-27-48(46)61)59-54(60-53)51-42(36-16-6-4-7-17-36)23-15-24-43(51)37-18-8-5-9-19-37/h4-35H,1-3H3. The summed E-state index contributed by atoms with van der Waals surface area (Å²) in [6.45, 7) is 6.70. The van der Waals surface area contributed by atoms with Gasteiger partial charge in [0.05, 0.1) is 22.1 Å². The van der Waals surface area contributed by atoms with E-state index in [1.165, 1.54) is 5.56 Å². The second-order valence-corrected chi connectivity index (χ2v) is 16.7. The monoisotopic (exact) mass is 799 g/mol. The van der Waals surface area contributed by atoms with E-state index in [4.69, 9.17) is 19.9 Å². The zero-order valence-electron chi connectivity index (χ0n) is 34.6. The Labute approximate surface area is 359 Å². The van der Waals surface area contributed by atoms with Gasteiger partial charge in [-0.25, -0.2) is 24.9 Å². The minimum atomic E-state index is -0.0454. The van der Waals surface area contributed by atoms with Crippen LogP contribution in [0.15, 0.2) is 195 Å². The molecule has 0 saturated heterocycles. The lowest BCUT2D eigenvalue weighted by molar-refractivity contribution is 0.588. The molecule has 4 heterocycles. The van der Waals surface area contributed by atoms with Crippen LogP contribution < -0.4 is 0 Å². The molecule has 0 N–H and O–H groups in total. The number of benzene rings is 7. The van der Waals surface area contributed by atoms with Crippen molar-refractivity contribution in [3.05, 3.63) is 200 Å². The zero-order valence-corrected chi connectivity index (χ0v) is 34.6. The quantitative estimate of drug-likeness (QED) is 0.160. The summed E-state index contributed by atoms with van der Waals surface area (Å²) in [6.07, 6.45) is 3.79. The molecule has 0 bridgehead atoms. The van der Waals surface area contributed by atoms with E-state index in [2.05, 4.69) is 187 Å². The van der Waals surface area contributed by atoms with Crippen molar-refractivity contribution in [2.45, 2.75) is 26.2 Å². The van der Waals surface area contributed by atoms with Crippen molar-refractivity contribution >= 4 is 32.8 Å². The Morgan fingerprint density at radius 1 is 0.435 bits per heavy atom. The van der Waals surface area contributed by atoms with Crippen LogP contribution in [0.4, 0.5) is 0 Å². The van der Waals surface area contributed by atoms with E-state index in [9.17, 15) is 0 Å². The third kappa shape index (κ3) is 6.51. The molecule has 62 heavy (non-hydrogen) atoms. The number of para-hydroxylation sites is 3. The van der Waals surface area contributed by atoms with Crippen LogP contribution in [0.3, 0.4) is 0 Å². The van der Waals surface area contributed by atoms with Crippen molar-refractivity contribution in [3.8, 4) is 67.9 Å². The van der Waals surface area contributed by atoms with Crippen LogP contribution >= 0.6 is 0 Å². The van der Waals surface area contributed by atoms with Crippen molar-refractivity contribution in [1.82, 2.24) is 34.1 Å². The van der Waals surface area contributed by atoms with Gasteiger partial charge in [0.2, 0.25) is 0 Å². The third-order valence-corrected chi connectivity index (χ3v) is 11.7. The number of aromatic nitrogens is 7. The molecule has 0 radical (unpaired) electrons. The Bertz CT molecular complexity index is 3390. The minimum Gasteiger partial charge on any atom is -0.299 e. The summed E-state index contributed by atoms with van der Waals surface area (Å²) in [5, 5.41) is 2.28. The van der Waals surface area contributed by atoms with Crippen molar-refractivity contribution in [3.63, 3.8) is 0 Å². The van der Waals surface area contributed by atoms with Gasteiger partial charge >= 0.3 is 0 Å². The highest BCUT2D eigenvalue weighted by Gasteiger charge is 2.22. The van der Waals surface area contributed by atoms with Gasteiger partial charge in [-0.05, 0) is 81.8 Å². The zero-order chi connectivity index (χ0) is 41.8. The number of nitrogens with zero attached hydrogens (tertiary/aromatic N) is 7. The van der Waals surface area contributed by atoms with Crippen LogP contribution in [0.5, 0.6) is 0 Å². The van der Waals surface area contributed by atoms with E-state index in [1.807, 2.05) is 42.9 Å². The number of rotatable bonds is 7. The van der Waals surface area contributed by atoms with Gasteiger partial charge in [-0.1, -0.05) is 154 Å². The van der Waals surface area contributed by atoms with E-state index in [0.717, 1.165) is 83.3 Å². The van der Waals surface area contributed by atoms with E-state index < -0.39 is 0 Å². The van der Waals surface area contributed by atoms with E-state index >= 15 is 0 Å². The number of fused-ring (bicyclic) bond motifs is 4. The van der Waals surface area contributed by atoms with E-state index in [-0.39, 0.29) is 5.41 Å². The Hall–Kier alpha value is -8.03. The number of pyridine rings is 1. The largest absolute Gasteiger partial charge is 0.299 e. The summed E-state index contributed by atoms with van der Waals surface area (Å²) >= 11 is 0. The second-order valence-electron chi connectivity index (χ2n) is 16.7. The third-order valence-electron chi connectivity index (χ3n) is 11.7. The maximum Gasteiger partial charge on any atom is 0.165 e. The number of imidazole rings is 1. The fourth-order valence-corrected chi connectivity index (χ4v) is 8.58. The fraction of sp³-hybridized carbons (Fsp3) is 0.0727. The molecular weight excluding hydrogens is 759 g/mol. The van der Waals surface area contributed by atoms with E-state index in [0.29, 0.717) is 17.5 Å². The molecule has 0 unspecified atom stereocenters. The minimum absolute atomic E-state index is 0.0454. The van der Waals surface area contributed by atoms with E-state index in [1.54, 1.807) is 0 Å². The first-order chi connectivity index (χ1) is 30.4. The lowest BCUT2D eigenvalue weighted by atomic mass is 9.88.